The molecule has 3 N–H and O–H groups in total. The number of nitrogens with two attached hydrogens (primary N) is 1. The Hall–Kier alpha value is -1.70. The van der Waals surface area contributed by atoms with Crippen molar-refractivity contribution in [1.29, 1.82) is 0 Å². The third kappa shape index (κ3) is 4.77. The molecule has 1 aromatic rings. The van der Waals surface area contributed by atoms with E-state index < -0.39 is 5.91 Å². The number of rotatable bonds is 4. The maximum Gasteiger partial charge on any atom is 0.271 e. The van der Waals surface area contributed by atoms with Crippen LogP contribution in [0.15, 0.2) is 24.3 Å². The summed E-state index contributed by atoms with van der Waals surface area (Å²) in [6, 6.07) is 7.22. The molecular formula is C12H13ClN2O2. The van der Waals surface area contributed by atoms with Crippen molar-refractivity contribution < 1.29 is 9.53 Å². The lowest BCUT2D eigenvalue weighted by atomic mass is 10.2. The van der Waals surface area contributed by atoms with Crippen LogP contribution in [0, 0.1) is 11.8 Å². The number of hydrogen-bond acceptors (Lipinski definition) is 3. The molecule has 0 heterocycles. The molecule has 0 bridgehead atoms. The van der Waals surface area contributed by atoms with Gasteiger partial charge in [0.25, 0.3) is 5.91 Å². The Balaban J connectivity index is 2.71. The molecule has 0 fully saturated rings. The Morgan fingerprint density at radius 3 is 2.94 bits per heavy atom. The SMILES string of the molecule is NNC(=O)COc1ccccc1C#CCCCl. The van der Waals surface area contributed by atoms with Gasteiger partial charge in [0.05, 0.1) is 5.56 Å². The lowest BCUT2D eigenvalue weighted by molar-refractivity contribution is -0.123. The largest absolute Gasteiger partial charge is 0.482 e. The third-order valence-electron chi connectivity index (χ3n) is 1.85. The quantitative estimate of drug-likeness (QED) is 0.277. The number of benzene rings is 1. The van der Waals surface area contributed by atoms with Crippen molar-refractivity contribution >= 4 is 17.5 Å². The Labute approximate surface area is 105 Å². The van der Waals surface area contributed by atoms with E-state index in [1.54, 1.807) is 6.07 Å². The van der Waals surface area contributed by atoms with Gasteiger partial charge in [-0.3, -0.25) is 10.2 Å². The summed E-state index contributed by atoms with van der Waals surface area (Å²) in [4.78, 5) is 10.9. The predicted octanol–water partition coefficient (Wildman–Crippen LogP) is 1.04. The second-order valence-corrected chi connectivity index (χ2v) is 3.47. The first-order valence-electron chi connectivity index (χ1n) is 5.04. The average molecular weight is 253 g/mol. The van der Waals surface area contributed by atoms with Gasteiger partial charge in [0.1, 0.15) is 5.75 Å². The van der Waals surface area contributed by atoms with Crippen molar-refractivity contribution in [1.82, 2.24) is 5.43 Å². The van der Waals surface area contributed by atoms with Crippen molar-refractivity contribution in [2.75, 3.05) is 12.5 Å². The van der Waals surface area contributed by atoms with Crippen LogP contribution in [0.1, 0.15) is 12.0 Å². The van der Waals surface area contributed by atoms with Gasteiger partial charge in [-0.25, -0.2) is 5.84 Å². The summed E-state index contributed by atoms with van der Waals surface area (Å²) in [7, 11) is 0. The Kier molecular flexibility index (Phi) is 5.94. The van der Waals surface area contributed by atoms with Crippen LogP contribution in [0.25, 0.3) is 0 Å². The van der Waals surface area contributed by atoms with Crippen molar-refractivity contribution in [2.24, 2.45) is 5.84 Å². The number of carbonyl (C=O) groups is 1. The van der Waals surface area contributed by atoms with E-state index in [9.17, 15) is 4.79 Å². The normalized spacial score (nSPS) is 9.06. The van der Waals surface area contributed by atoms with Crippen LogP contribution in [-0.4, -0.2) is 18.4 Å². The average Bonchev–Trinajstić information content (AvgIpc) is 2.37. The van der Waals surface area contributed by atoms with E-state index in [0.29, 0.717) is 18.1 Å². The summed E-state index contributed by atoms with van der Waals surface area (Å²) >= 11 is 5.53. The van der Waals surface area contributed by atoms with Gasteiger partial charge < -0.3 is 4.74 Å². The number of amides is 1. The lowest BCUT2D eigenvalue weighted by Gasteiger charge is -2.06. The number of nitrogens with one attached hydrogen (secondary N) is 1. The van der Waals surface area contributed by atoms with Crippen LogP contribution in [0.5, 0.6) is 5.75 Å². The second-order valence-electron chi connectivity index (χ2n) is 3.09. The van der Waals surface area contributed by atoms with Gasteiger partial charge in [-0.15, -0.1) is 11.6 Å². The molecule has 1 rings (SSSR count). The predicted molar refractivity (Wildman–Crippen MR) is 66.5 cm³/mol. The summed E-state index contributed by atoms with van der Waals surface area (Å²) in [5, 5.41) is 0. The summed E-state index contributed by atoms with van der Waals surface area (Å²) < 4.78 is 5.29. The third-order valence-corrected chi connectivity index (χ3v) is 2.04. The van der Waals surface area contributed by atoms with Crippen LogP contribution in [0.3, 0.4) is 0 Å². The Morgan fingerprint density at radius 2 is 2.24 bits per heavy atom. The number of halogens is 1. The van der Waals surface area contributed by atoms with Gasteiger partial charge in [0, 0.05) is 12.3 Å². The van der Waals surface area contributed by atoms with Gasteiger partial charge in [-0.2, -0.15) is 0 Å². The van der Waals surface area contributed by atoms with E-state index in [1.165, 1.54) is 0 Å². The highest BCUT2D eigenvalue weighted by Crippen LogP contribution is 2.16. The molecule has 90 valence electrons. The zero-order valence-corrected chi connectivity index (χ0v) is 9.96. The zero-order valence-electron chi connectivity index (χ0n) is 9.20. The topological polar surface area (TPSA) is 64.3 Å². The van der Waals surface area contributed by atoms with Gasteiger partial charge in [0.2, 0.25) is 0 Å². The second kappa shape index (κ2) is 7.55. The van der Waals surface area contributed by atoms with Crippen LogP contribution < -0.4 is 16.0 Å². The molecule has 5 heteroatoms. The molecule has 0 aliphatic heterocycles. The number of carbonyl (C=O) groups excluding carboxylic acids is 1. The molecule has 0 aromatic heterocycles. The fourth-order valence-corrected chi connectivity index (χ4v) is 1.18. The van der Waals surface area contributed by atoms with Crippen LogP contribution in [0.4, 0.5) is 0 Å². The maximum absolute atomic E-state index is 10.9. The highest BCUT2D eigenvalue weighted by Gasteiger charge is 2.03. The summed E-state index contributed by atoms with van der Waals surface area (Å²) in [6.07, 6.45) is 0.610. The minimum atomic E-state index is -0.395. The standard InChI is InChI=1S/C12H13ClN2O2/c13-8-4-3-6-10-5-1-2-7-11(10)17-9-12(16)15-14/h1-2,5,7H,4,8-9,14H2,(H,15,16). The van der Waals surface area contributed by atoms with Gasteiger partial charge in [0.15, 0.2) is 6.61 Å². The number of alkyl halides is 1. The van der Waals surface area contributed by atoms with Crippen molar-refractivity contribution in [2.45, 2.75) is 6.42 Å². The van der Waals surface area contributed by atoms with E-state index in [4.69, 9.17) is 22.2 Å². The van der Waals surface area contributed by atoms with Gasteiger partial charge in [-0.1, -0.05) is 24.0 Å². The van der Waals surface area contributed by atoms with E-state index in [-0.39, 0.29) is 6.61 Å². The summed E-state index contributed by atoms with van der Waals surface area (Å²) in [6.45, 7) is -0.134. The van der Waals surface area contributed by atoms with Crippen molar-refractivity contribution in [3.8, 4) is 17.6 Å². The number of ether oxygens (including phenoxy) is 1. The summed E-state index contributed by atoms with van der Waals surface area (Å²) in [5.41, 5.74) is 2.71. The molecule has 1 amide bonds. The monoisotopic (exact) mass is 252 g/mol. The van der Waals surface area contributed by atoms with E-state index in [2.05, 4.69) is 11.8 Å². The molecule has 0 spiro atoms. The Bertz CT molecular complexity index is 438. The smallest absolute Gasteiger partial charge is 0.271 e. The first-order chi connectivity index (χ1) is 8.27. The van der Waals surface area contributed by atoms with Crippen molar-refractivity contribution in [3.05, 3.63) is 29.8 Å². The Morgan fingerprint density at radius 1 is 1.47 bits per heavy atom. The van der Waals surface area contributed by atoms with Gasteiger partial charge >= 0.3 is 0 Å². The van der Waals surface area contributed by atoms with Gasteiger partial charge in [-0.05, 0) is 12.1 Å². The van der Waals surface area contributed by atoms with Crippen LogP contribution in [0.2, 0.25) is 0 Å². The molecule has 0 unspecified atom stereocenters. The minimum Gasteiger partial charge on any atom is -0.482 e. The van der Waals surface area contributed by atoms with Crippen LogP contribution in [-0.2, 0) is 4.79 Å². The molecule has 0 atom stereocenters. The first-order valence-corrected chi connectivity index (χ1v) is 5.57. The van der Waals surface area contributed by atoms with E-state index in [0.717, 1.165) is 5.56 Å². The fraction of sp³-hybridized carbons (Fsp3) is 0.250. The molecule has 4 nitrogen and oxygen atoms in total. The number of hydrogen-bond donors (Lipinski definition) is 2. The molecule has 1 aromatic carbocycles. The molecule has 0 saturated heterocycles. The molecule has 0 saturated carbocycles. The van der Waals surface area contributed by atoms with Crippen molar-refractivity contribution in [3.63, 3.8) is 0 Å². The maximum atomic E-state index is 10.9. The highest BCUT2D eigenvalue weighted by molar-refractivity contribution is 6.18. The lowest BCUT2D eigenvalue weighted by Crippen LogP contribution is -2.34. The highest BCUT2D eigenvalue weighted by atomic mass is 35.5. The fourth-order valence-electron chi connectivity index (χ4n) is 1.09. The van der Waals surface area contributed by atoms with E-state index >= 15 is 0 Å². The molecule has 17 heavy (non-hydrogen) atoms. The van der Waals surface area contributed by atoms with E-state index in [1.807, 2.05) is 23.6 Å². The summed E-state index contributed by atoms with van der Waals surface area (Å²) in [5.74, 6) is 11.4. The zero-order chi connectivity index (χ0) is 12.5. The molecule has 0 radical (unpaired) electrons. The number of hydrazine groups is 1. The minimum absolute atomic E-state index is 0.134. The molecule has 0 aliphatic carbocycles. The van der Waals surface area contributed by atoms with Crippen LogP contribution >= 0.6 is 11.6 Å². The molecule has 0 aliphatic rings. The molecular weight excluding hydrogens is 240 g/mol. The number of para-hydroxylation sites is 1. The first kappa shape index (κ1) is 13.4.